The highest BCUT2D eigenvalue weighted by atomic mass is 19.1. The Morgan fingerprint density at radius 1 is 0.594 bits per heavy atom. The second-order valence-corrected chi connectivity index (χ2v) is 9.46. The summed E-state index contributed by atoms with van der Waals surface area (Å²) >= 11 is 0. The molecule has 32 heavy (non-hydrogen) atoms. The van der Waals surface area contributed by atoms with Gasteiger partial charge in [0.2, 0.25) is 0 Å². The van der Waals surface area contributed by atoms with Crippen LogP contribution in [0.2, 0.25) is 0 Å². The van der Waals surface area contributed by atoms with Crippen molar-refractivity contribution < 1.29 is 8.78 Å². The van der Waals surface area contributed by atoms with E-state index in [9.17, 15) is 0 Å². The molecule has 0 unspecified atom stereocenters. The van der Waals surface area contributed by atoms with E-state index in [0.717, 1.165) is 28.6 Å². The predicted molar refractivity (Wildman–Crippen MR) is 124 cm³/mol. The summed E-state index contributed by atoms with van der Waals surface area (Å²) in [5.41, 5.74) is 4.28. The fraction of sp³-hybridized carbons (Fsp3) is 0.214. The Morgan fingerprint density at radius 2 is 1.19 bits per heavy atom. The number of fused-ring (bicyclic) bond motifs is 10. The minimum atomic E-state index is -0.776. The van der Waals surface area contributed by atoms with Gasteiger partial charge >= 0.3 is 0 Å². The van der Waals surface area contributed by atoms with Gasteiger partial charge in [-0.1, -0.05) is 58.0 Å². The zero-order chi connectivity index (χ0) is 22.7. The molecule has 0 fully saturated rings. The Kier molecular flexibility index (Phi) is 4.52. The van der Waals surface area contributed by atoms with Crippen molar-refractivity contribution in [2.45, 2.75) is 38.5 Å². The van der Waals surface area contributed by atoms with Crippen LogP contribution in [0.4, 0.5) is 8.78 Å². The Balaban J connectivity index is 1.90. The van der Waals surface area contributed by atoms with Gasteiger partial charge in [0.25, 0.3) is 0 Å². The largest absolute Gasteiger partial charge is 0.250 e. The van der Waals surface area contributed by atoms with Gasteiger partial charge in [-0.05, 0) is 53.1 Å². The van der Waals surface area contributed by atoms with Gasteiger partial charge in [-0.2, -0.15) is 0 Å². The molecule has 2 aromatic carbocycles. The third-order valence-corrected chi connectivity index (χ3v) is 6.68. The van der Waals surface area contributed by atoms with Gasteiger partial charge in [-0.25, -0.2) is 13.8 Å². The molecular weight excluding hydrogens is 402 g/mol. The van der Waals surface area contributed by atoms with Crippen molar-refractivity contribution in [2.75, 3.05) is 0 Å². The SMILES string of the molecule is CC1(C)c2cccc(c2)-c2cccc(n2)-c2cccc(n2)C(C)(C)c2cc1c(F)cc2F. The zero-order valence-electron chi connectivity index (χ0n) is 18.6. The molecule has 2 nitrogen and oxygen atoms in total. The molecule has 4 aromatic rings. The number of aromatic nitrogens is 2. The second kappa shape index (κ2) is 7.06. The molecule has 0 saturated heterocycles. The van der Waals surface area contributed by atoms with Gasteiger partial charge in [-0.3, -0.25) is 4.98 Å². The molecule has 1 aliphatic heterocycles. The second-order valence-electron chi connectivity index (χ2n) is 9.46. The Bertz CT molecular complexity index is 1260. The molecule has 3 heterocycles. The van der Waals surface area contributed by atoms with E-state index < -0.39 is 22.5 Å². The Hall–Kier alpha value is -3.40. The first-order valence-electron chi connectivity index (χ1n) is 10.7. The van der Waals surface area contributed by atoms with Crippen molar-refractivity contribution in [3.8, 4) is 22.6 Å². The molecule has 1 aliphatic rings. The average Bonchev–Trinajstić information content (AvgIpc) is 2.78. The van der Waals surface area contributed by atoms with E-state index in [1.165, 1.54) is 0 Å². The van der Waals surface area contributed by atoms with Crippen molar-refractivity contribution >= 4 is 0 Å². The molecular formula is C28H24F2N2. The van der Waals surface area contributed by atoms with Crippen LogP contribution in [0.1, 0.15) is 50.1 Å². The highest BCUT2D eigenvalue weighted by Crippen LogP contribution is 2.40. The van der Waals surface area contributed by atoms with Gasteiger partial charge in [0.05, 0.1) is 22.8 Å². The zero-order valence-corrected chi connectivity index (χ0v) is 18.6. The van der Waals surface area contributed by atoms with Crippen molar-refractivity contribution in [1.82, 2.24) is 9.97 Å². The fourth-order valence-electron chi connectivity index (χ4n) is 4.53. The third-order valence-electron chi connectivity index (χ3n) is 6.68. The maximum Gasteiger partial charge on any atom is 0.130 e. The van der Waals surface area contributed by atoms with Crippen molar-refractivity contribution in [1.29, 1.82) is 0 Å². The van der Waals surface area contributed by atoms with E-state index >= 15 is 8.78 Å². The summed E-state index contributed by atoms with van der Waals surface area (Å²) < 4.78 is 30.3. The molecule has 0 amide bonds. The lowest BCUT2D eigenvalue weighted by atomic mass is 9.73. The third kappa shape index (κ3) is 3.13. The quantitative estimate of drug-likeness (QED) is 0.301. The number of benzene rings is 2. The number of nitrogens with zero attached hydrogens (tertiary/aromatic N) is 2. The Morgan fingerprint density at radius 3 is 1.94 bits per heavy atom. The van der Waals surface area contributed by atoms with Crippen LogP contribution in [-0.2, 0) is 10.8 Å². The number of hydrogen-bond donors (Lipinski definition) is 0. The van der Waals surface area contributed by atoms with E-state index in [1.807, 2.05) is 88.4 Å². The van der Waals surface area contributed by atoms with Gasteiger partial charge in [-0.15, -0.1) is 0 Å². The normalized spacial score (nSPS) is 15.7. The Labute approximate surface area is 187 Å². The number of rotatable bonds is 0. The monoisotopic (exact) mass is 426 g/mol. The van der Waals surface area contributed by atoms with Crippen LogP contribution < -0.4 is 0 Å². The van der Waals surface area contributed by atoms with Crippen LogP contribution in [-0.4, -0.2) is 9.97 Å². The highest BCUT2D eigenvalue weighted by Gasteiger charge is 2.34. The summed E-state index contributed by atoms with van der Waals surface area (Å²) in [6, 6.07) is 22.2. The number of pyridine rings is 2. The summed E-state index contributed by atoms with van der Waals surface area (Å²) in [7, 11) is 0. The van der Waals surface area contributed by atoms with E-state index in [0.29, 0.717) is 22.5 Å². The number of halogens is 2. The van der Waals surface area contributed by atoms with E-state index in [1.54, 1.807) is 6.07 Å². The summed E-state index contributed by atoms with van der Waals surface area (Å²) in [5, 5.41) is 0. The molecule has 8 bridgehead atoms. The lowest BCUT2D eigenvalue weighted by Crippen LogP contribution is -2.26. The van der Waals surface area contributed by atoms with Gasteiger partial charge in [0, 0.05) is 22.5 Å². The van der Waals surface area contributed by atoms with Gasteiger partial charge < -0.3 is 0 Å². The first-order valence-corrected chi connectivity index (χ1v) is 10.7. The van der Waals surface area contributed by atoms with E-state index in [-0.39, 0.29) is 0 Å². The summed E-state index contributed by atoms with van der Waals surface area (Å²) in [4.78, 5) is 9.70. The molecule has 5 rings (SSSR count). The molecule has 0 spiro atoms. The summed E-state index contributed by atoms with van der Waals surface area (Å²) in [5.74, 6) is -1.12. The predicted octanol–water partition coefficient (Wildman–Crippen LogP) is 7.05. The van der Waals surface area contributed by atoms with Gasteiger partial charge in [0.1, 0.15) is 11.6 Å². The molecule has 4 heteroatoms. The topological polar surface area (TPSA) is 25.8 Å². The van der Waals surface area contributed by atoms with E-state index in [2.05, 4.69) is 0 Å². The lowest BCUT2D eigenvalue weighted by Gasteiger charge is -2.31. The van der Waals surface area contributed by atoms with Crippen LogP contribution in [0.15, 0.2) is 72.8 Å². The molecule has 0 saturated carbocycles. The van der Waals surface area contributed by atoms with Crippen molar-refractivity contribution in [3.63, 3.8) is 0 Å². The molecule has 0 aliphatic carbocycles. The molecule has 0 N–H and O–H groups in total. The van der Waals surface area contributed by atoms with Crippen LogP contribution in [0.25, 0.3) is 22.6 Å². The maximum absolute atomic E-state index is 15.2. The average molecular weight is 427 g/mol. The van der Waals surface area contributed by atoms with Crippen LogP contribution >= 0.6 is 0 Å². The minimum absolute atomic E-state index is 0.418. The highest BCUT2D eigenvalue weighted by molar-refractivity contribution is 5.66. The fourth-order valence-corrected chi connectivity index (χ4v) is 4.53. The molecule has 0 atom stereocenters. The maximum atomic E-state index is 15.2. The van der Waals surface area contributed by atoms with Crippen molar-refractivity contribution in [2.24, 2.45) is 0 Å². The molecule has 0 radical (unpaired) electrons. The van der Waals surface area contributed by atoms with Crippen molar-refractivity contribution in [3.05, 3.63) is 107 Å². The first-order chi connectivity index (χ1) is 15.2. The number of hydrogen-bond acceptors (Lipinski definition) is 2. The van der Waals surface area contributed by atoms with Crippen LogP contribution in [0, 0.1) is 11.6 Å². The minimum Gasteiger partial charge on any atom is -0.250 e. The molecule has 2 aromatic heterocycles. The first kappa shape index (κ1) is 20.5. The smallest absolute Gasteiger partial charge is 0.130 e. The lowest BCUT2D eigenvalue weighted by molar-refractivity contribution is 0.500. The molecule has 160 valence electrons. The van der Waals surface area contributed by atoms with Crippen LogP contribution in [0.5, 0.6) is 0 Å². The van der Waals surface area contributed by atoms with Gasteiger partial charge in [0.15, 0.2) is 0 Å². The summed E-state index contributed by atoms with van der Waals surface area (Å²) in [6.07, 6.45) is 0. The van der Waals surface area contributed by atoms with E-state index in [4.69, 9.17) is 9.97 Å². The summed E-state index contributed by atoms with van der Waals surface area (Å²) in [6.45, 7) is 7.77. The van der Waals surface area contributed by atoms with Crippen LogP contribution in [0.3, 0.4) is 0 Å². The standard InChI is InChI=1S/C28H24F2N2/c1-27(2)18-9-5-8-17(14-18)23-10-6-11-24(31-23)25-12-7-13-26(32-25)28(3,4)20-15-19(27)21(29)16-22(20)30/h5-16H,1-4H3.